The van der Waals surface area contributed by atoms with E-state index in [1.165, 1.54) is 25.3 Å². The highest BCUT2D eigenvalue weighted by molar-refractivity contribution is 6.31. The van der Waals surface area contributed by atoms with Crippen molar-refractivity contribution in [2.24, 2.45) is 0 Å². The number of nitrogens with one attached hydrogen (secondary N) is 1. The Labute approximate surface area is 193 Å². The Balaban J connectivity index is 1.94. The van der Waals surface area contributed by atoms with Crippen LogP contribution in [-0.2, 0) is 11.3 Å². The lowest BCUT2D eigenvalue weighted by Gasteiger charge is -2.20. The first kappa shape index (κ1) is 22.2. The monoisotopic (exact) mass is 464 g/mol. The summed E-state index contributed by atoms with van der Waals surface area (Å²) in [6.45, 7) is -0.318. The summed E-state index contributed by atoms with van der Waals surface area (Å²) in [7, 11) is 1.20. The molecule has 0 aliphatic rings. The SMILES string of the molecule is COC(=O)c1c(CNC(=O)c2ccccc2F)c(=O)c2ccc(Cl)cc2n1-c1ccccc1. The maximum atomic E-state index is 14.0. The molecule has 0 bridgehead atoms. The van der Waals surface area contributed by atoms with E-state index in [0.717, 1.165) is 6.07 Å². The number of rotatable bonds is 5. The van der Waals surface area contributed by atoms with Crippen LogP contribution in [0.1, 0.15) is 26.4 Å². The summed E-state index contributed by atoms with van der Waals surface area (Å²) in [6.07, 6.45) is 0. The van der Waals surface area contributed by atoms with Gasteiger partial charge in [-0.05, 0) is 42.5 Å². The molecule has 0 atom stereocenters. The standard InChI is InChI=1S/C25H18ClFN2O4/c1-33-25(32)22-19(14-28-24(31)17-9-5-6-10-20(17)27)23(30)18-12-11-15(26)13-21(18)29(22)16-7-3-2-4-8-16/h2-13H,14H2,1H3,(H,28,31). The fraction of sp³-hybridized carbons (Fsp3) is 0.0800. The number of aromatic nitrogens is 1. The van der Waals surface area contributed by atoms with Gasteiger partial charge >= 0.3 is 5.97 Å². The number of para-hydroxylation sites is 1. The molecule has 0 aliphatic carbocycles. The predicted octanol–water partition coefficient (Wildman–Crippen LogP) is 4.50. The molecular weight excluding hydrogens is 447 g/mol. The number of pyridine rings is 1. The van der Waals surface area contributed by atoms with Crippen LogP contribution in [0.5, 0.6) is 0 Å². The van der Waals surface area contributed by atoms with Gasteiger partial charge < -0.3 is 14.6 Å². The van der Waals surface area contributed by atoms with E-state index in [2.05, 4.69) is 5.32 Å². The van der Waals surface area contributed by atoms with Gasteiger partial charge in [0.2, 0.25) is 0 Å². The van der Waals surface area contributed by atoms with Crippen molar-refractivity contribution in [1.29, 1.82) is 0 Å². The molecule has 0 spiro atoms. The molecule has 1 aromatic heterocycles. The number of hydrogen-bond acceptors (Lipinski definition) is 4. The normalized spacial score (nSPS) is 10.8. The van der Waals surface area contributed by atoms with E-state index >= 15 is 0 Å². The molecule has 3 aromatic carbocycles. The van der Waals surface area contributed by atoms with Crippen molar-refractivity contribution < 1.29 is 18.7 Å². The minimum absolute atomic E-state index is 0.00483. The number of carbonyl (C=O) groups excluding carboxylic acids is 2. The molecule has 8 heteroatoms. The van der Waals surface area contributed by atoms with Crippen LogP contribution in [0.4, 0.5) is 4.39 Å². The number of hydrogen-bond donors (Lipinski definition) is 1. The van der Waals surface area contributed by atoms with E-state index in [1.807, 2.05) is 6.07 Å². The third kappa shape index (κ3) is 4.23. The van der Waals surface area contributed by atoms with E-state index in [1.54, 1.807) is 47.0 Å². The summed E-state index contributed by atoms with van der Waals surface area (Å²) in [5, 5.41) is 3.22. The fourth-order valence-corrected chi connectivity index (χ4v) is 3.80. The summed E-state index contributed by atoms with van der Waals surface area (Å²) in [4.78, 5) is 38.9. The number of amides is 1. The molecule has 33 heavy (non-hydrogen) atoms. The smallest absolute Gasteiger partial charge is 0.355 e. The van der Waals surface area contributed by atoms with Gasteiger partial charge in [-0.2, -0.15) is 0 Å². The van der Waals surface area contributed by atoms with Crippen molar-refractivity contribution in [3.8, 4) is 5.69 Å². The second kappa shape index (κ2) is 9.26. The van der Waals surface area contributed by atoms with Gasteiger partial charge in [-0.1, -0.05) is 41.9 Å². The quantitative estimate of drug-likeness (QED) is 0.441. The van der Waals surface area contributed by atoms with Gasteiger partial charge in [-0.15, -0.1) is 0 Å². The molecule has 0 saturated heterocycles. The second-order valence-corrected chi connectivity index (χ2v) is 7.58. The highest BCUT2D eigenvalue weighted by Crippen LogP contribution is 2.25. The maximum absolute atomic E-state index is 14.0. The van der Waals surface area contributed by atoms with Crippen LogP contribution in [0.3, 0.4) is 0 Å². The number of carbonyl (C=O) groups is 2. The molecule has 1 amide bonds. The van der Waals surface area contributed by atoms with Crippen LogP contribution in [0, 0.1) is 5.82 Å². The van der Waals surface area contributed by atoms with Crippen molar-refractivity contribution in [3.05, 3.63) is 111 Å². The number of methoxy groups -OCH3 is 1. The van der Waals surface area contributed by atoms with Gasteiger partial charge in [0, 0.05) is 22.6 Å². The van der Waals surface area contributed by atoms with Crippen molar-refractivity contribution >= 4 is 34.4 Å². The maximum Gasteiger partial charge on any atom is 0.355 e. The summed E-state index contributed by atoms with van der Waals surface area (Å²) in [5.41, 5.74) is 0.300. The zero-order valence-electron chi connectivity index (χ0n) is 17.5. The fourth-order valence-electron chi connectivity index (χ4n) is 3.64. The van der Waals surface area contributed by atoms with Crippen LogP contribution >= 0.6 is 11.6 Å². The Morgan fingerprint density at radius 3 is 2.42 bits per heavy atom. The molecule has 0 unspecified atom stereocenters. The molecule has 0 saturated carbocycles. The van der Waals surface area contributed by atoms with E-state index in [0.29, 0.717) is 21.6 Å². The third-order valence-electron chi connectivity index (χ3n) is 5.17. The first-order valence-electron chi connectivity index (χ1n) is 9.96. The first-order chi connectivity index (χ1) is 15.9. The van der Waals surface area contributed by atoms with Crippen LogP contribution in [-0.4, -0.2) is 23.6 Å². The lowest BCUT2D eigenvalue weighted by molar-refractivity contribution is 0.0588. The lowest BCUT2D eigenvalue weighted by Crippen LogP contribution is -2.31. The zero-order chi connectivity index (χ0) is 23.5. The van der Waals surface area contributed by atoms with Crippen LogP contribution in [0.2, 0.25) is 5.02 Å². The summed E-state index contributed by atoms with van der Waals surface area (Å²) in [6, 6.07) is 19.1. The van der Waals surface area contributed by atoms with E-state index in [-0.39, 0.29) is 23.4 Å². The molecule has 0 aliphatic heterocycles. The molecular formula is C25H18ClFN2O4. The average Bonchev–Trinajstić information content (AvgIpc) is 2.83. The summed E-state index contributed by atoms with van der Waals surface area (Å²) in [5.74, 6) is -2.18. The minimum Gasteiger partial charge on any atom is -0.464 e. The highest BCUT2D eigenvalue weighted by Gasteiger charge is 2.25. The van der Waals surface area contributed by atoms with Crippen molar-refractivity contribution in [3.63, 3.8) is 0 Å². The van der Waals surface area contributed by atoms with Gasteiger partial charge in [0.15, 0.2) is 5.43 Å². The number of nitrogens with zero attached hydrogens (tertiary/aromatic N) is 1. The Hall–Kier alpha value is -3.97. The molecule has 0 radical (unpaired) electrons. The Kier molecular flexibility index (Phi) is 6.24. The van der Waals surface area contributed by atoms with Gasteiger partial charge in [0.05, 0.1) is 23.8 Å². The second-order valence-electron chi connectivity index (χ2n) is 7.14. The number of ether oxygens (including phenoxy) is 1. The summed E-state index contributed by atoms with van der Waals surface area (Å²) >= 11 is 6.20. The molecule has 6 nitrogen and oxygen atoms in total. The largest absolute Gasteiger partial charge is 0.464 e. The van der Waals surface area contributed by atoms with Crippen molar-refractivity contribution in [1.82, 2.24) is 9.88 Å². The van der Waals surface area contributed by atoms with Crippen molar-refractivity contribution in [2.45, 2.75) is 6.54 Å². The zero-order valence-corrected chi connectivity index (χ0v) is 18.2. The molecule has 0 fully saturated rings. The topological polar surface area (TPSA) is 77.4 Å². The van der Waals surface area contributed by atoms with E-state index < -0.39 is 23.1 Å². The minimum atomic E-state index is -0.770. The van der Waals surface area contributed by atoms with Gasteiger partial charge in [0.1, 0.15) is 11.5 Å². The van der Waals surface area contributed by atoms with Gasteiger partial charge in [-0.25, -0.2) is 9.18 Å². The van der Waals surface area contributed by atoms with E-state index in [4.69, 9.17) is 16.3 Å². The Morgan fingerprint density at radius 2 is 1.73 bits per heavy atom. The van der Waals surface area contributed by atoms with Crippen LogP contribution in [0.25, 0.3) is 16.6 Å². The predicted molar refractivity (Wildman–Crippen MR) is 123 cm³/mol. The molecule has 166 valence electrons. The van der Waals surface area contributed by atoms with Crippen molar-refractivity contribution in [2.75, 3.05) is 7.11 Å². The molecule has 4 rings (SSSR count). The number of fused-ring (bicyclic) bond motifs is 1. The van der Waals surface area contributed by atoms with Crippen LogP contribution in [0.15, 0.2) is 77.6 Å². The Morgan fingerprint density at radius 1 is 1.03 bits per heavy atom. The molecule has 1 heterocycles. The molecule has 1 N–H and O–H groups in total. The van der Waals surface area contributed by atoms with Crippen LogP contribution < -0.4 is 10.7 Å². The van der Waals surface area contributed by atoms with E-state index in [9.17, 15) is 18.8 Å². The Bertz CT molecular complexity index is 1430. The number of esters is 1. The third-order valence-corrected chi connectivity index (χ3v) is 5.40. The molecule has 4 aromatic rings. The van der Waals surface area contributed by atoms with Gasteiger partial charge in [-0.3, -0.25) is 9.59 Å². The average molecular weight is 465 g/mol. The van der Waals surface area contributed by atoms with Gasteiger partial charge in [0.25, 0.3) is 5.91 Å². The number of benzene rings is 3. The summed E-state index contributed by atoms with van der Waals surface area (Å²) < 4.78 is 20.6. The first-order valence-corrected chi connectivity index (χ1v) is 10.3. The highest BCUT2D eigenvalue weighted by atomic mass is 35.5. The lowest BCUT2D eigenvalue weighted by atomic mass is 10.1. The number of halogens is 2.